The van der Waals surface area contributed by atoms with Crippen LogP contribution in [0.3, 0.4) is 0 Å². The van der Waals surface area contributed by atoms with Crippen LogP contribution >= 0.6 is 22.9 Å². The second-order valence-electron chi connectivity index (χ2n) is 4.25. The van der Waals surface area contributed by atoms with E-state index in [1.165, 1.54) is 0 Å². The molecule has 0 atom stereocenters. The van der Waals surface area contributed by atoms with Crippen molar-refractivity contribution in [2.24, 2.45) is 0 Å². The predicted octanol–water partition coefficient (Wildman–Crippen LogP) is 5.14. The fourth-order valence-corrected chi connectivity index (χ4v) is 3.10. The van der Waals surface area contributed by atoms with Gasteiger partial charge in [-0.1, -0.05) is 41.9 Å². The lowest BCUT2D eigenvalue weighted by molar-refractivity contribution is 0.415. The highest BCUT2D eigenvalue weighted by Gasteiger charge is 2.09. The van der Waals surface area contributed by atoms with Crippen molar-refractivity contribution in [3.63, 3.8) is 0 Å². The molecular formula is C16H12ClNOS. The van der Waals surface area contributed by atoms with Crippen LogP contribution in [0.5, 0.6) is 5.75 Å². The zero-order valence-corrected chi connectivity index (χ0v) is 12.4. The summed E-state index contributed by atoms with van der Waals surface area (Å²) >= 11 is 7.80. The van der Waals surface area contributed by atoms with Gasteiger partial charge in [0, 0.05) is 16.5 Å². The average molecular weight is 302 g/mol. The van der Waals surface area contributed by atoms with Gasteiger partial charge in [0.15, 0.2) is 0 Å². The number of methoxy groups -OCH3 is 1. The molecular weight excluding hydrogens is 290 g/mol. The third-order valence-corrected chi connectivity index (χ3v) is 4.18. The summed E-state index contributed by atoms with van der Waals surface area (Å²) in [5.74, 6) is 0.829. The van der Waals surface area contributed by atoms with Crippen LogP contribution in [0.1, 0.15) is 0 Å². The average Bonchev–Trinajstić information content (AvgIpc) is 2.97. The van der Waals surface area contributed by atoms with Gasteiger partial charge in [0.2, 0.25) is 0 Å². The molecule has 0 amide bonds. The number of aromatic nitrogens is 1. The molecule has 0 N–H and O–H groups in total. The van der Waals surface area contributed by atoms with E-state index in [-0.39, 0.29) is 0 Å². The van der Waals surface area contributed by atoms with Crippen molar-refractivity contribution in [2.75, 3.05) is 7.11 Å². The topological polar surface area (TPSA) is 22.1 Å². The highest BCUT2D eigenvalue weighted by atomic mass is 35.5. The number of ether oxygens (including phenoxy) is 1. The maximum Gasteiger partial charge on any atom is 0.125 e. The maximum atomic E-state index is 6.21. The summed E-state index contributed by atoms with van der Waals surface area (Å²) in [5, 5.41) is 3.68. The second-order valence-corrected chi connectivity index (χ2v) is 5.52. The third-order valence-electron chi connectivity index (χ3n) is 2.97. The molecule has 0 aliphatic carbocycles. The summed E-state index contributed by atoms with van der Waals surface area (Å²) in [5.41, 5.74) is 2.94. The lowest BCUT2D eigenvalue weighted by Gasteiger charge is -2.02. The number of hydrogen-bond donors (Lipinski definition) is 0. The smallest absolute Gasteiger partial charge is 0.125 e. The molecule has 4 heteroatoms. The summed E-state index contributed by atoms with van der Waals surface area (Å²) in [4.78, 5) is 4.67. The van der Waals surface area contributed by atoms with Crippen LogP contribution in [0.4, 0.5) is 0 Å². The van der Waals surface area contributed by atoms with E-state index in [1.807, 2.05) is 53.9 Å². The summed E-state index contributed by atoms with van der Waals surface area (Å²) in [6, 6.07) is 15.6. The Hall–Kier alpha value is -1.84. The normalized spacial score (nSPS) is 10.5. The third kappa shape index (κ3) is 2.55. The van der Waals surface area contributed by atoms with E-state index in [2.05, 4.69) is 4.98 Å². The quantitative estimate of drug-likeness (QED) is 0.668. The fourth-order valence-electron chi connectivity index (χ4n) is 1.95. The summed E-state index contributed by atoms with van der Waals surface area (Å²) in [6.07, 6.45) is 0. The van der Waals surface area contributed by atoms with Gasteiger partial charge in [-0.25, -0.2) is 4.98 Å². The van der Waals surface area contributed by atoms with Gasteiger partial charge in [-0.05, 0) is 18.2 Å². The minimum Gasteiger partial charge on any atom is -0.497 e. The minimum absolute atomic E-state index is 0.721. The number of hydrogen-bond acceptors (Lipinski definition) is 3. The van der Waals surface area contributed by atoms with Gasteiger partial charge in [-0.3, -0.25) is 0 Å². The number of halogens is 1. The fraction of sp³-hybridized carbons (Fsp3) is 0.0625. The first kappa shape index (κ1) is 13.2. The van der Waals surface area contributed by atoms with E-state index in [9.17, 15) is 0 Å². The summed E-state index contributed by atoms with van der Waals surface area (Å²) in [7, 11) is 1.66. The Morgan fingerprint density at radius 2 is 1.95 bits per heavy atom. The lowest BCUT2D eigenvalue weighted by Crippen LogP contribution is -1.84. The van der Waals surface area contributed by atoms with E-state index >= 15 is 0 Å². The van der Waals surface area contributed by atoms with Crippen molar-refractivity contribution in [1.29, 1.82) is 0 Å². The van der Waals surface area contributed by atoms with Crippen LogP contribution in [0.2, 0.25) is 5.02 Å². The van der Waals surface area contributed by atoms with E-state index < -0.39 is 0 Å². The molecule has 3 aromatic rings. The van der Waals surface area contributed by atoms with Crippen molar-refractivity contribution in [3.05, 3.63) is 58.9 Å². The van der Waals surface area contributed by atoms with E-state index in [4.69, 9.17) is 16.3 Å². The first-order valence-electron chi connectivity index (χ1n) is 6.13. The molecule has 0 bridgehead atoms. The van der Waals surface area contributed by atoms with Crippen molar-refractivity contribution in [3.8, 4) is 27.6 Å². The summed E-state index contributed by atoms with van der Waals surface area (Å²) in [6.45, 7) is 0. The first-order valence-corrected chi connectivity index (χ1v) is 7.38. The molecule has 0 spiro atoms. The predicted molar refractivity (Wildman–Crippen MR) is 84.5 cm³/mol. The number of nitrogens with zero attached hydrogens (tertiary/aromatic N) is 1. The maximum absolute atomic E-state index is 6.21. The van der Waals surface area contributed by atoms with Gasteiger partial charge >= 0.3 is 0 Å². The van der Waals surface area contributed by atoms with E-state index in [0.717, 1.165) is 32.6 Å². The highest BCUT2D eigenvalue weighted by molar-refractivity contribution is 7.13. The Bertz CT molecular complexity index is 739. The van der Waals surface area contributed by atoms with Gasteiger partial charge in [-0.2, -0.15) is 0 Å². The van der Waals surface area contributed by atoms with Gasteiger partial charge in [-0.15, -0.1) is 11.3 Å². The Labute approximate surface area is 126 Å². The zero-order chi connectivity index (χ0) is 13.9. The Kier molecular flexibility index (Phi) is 3.72. The molecule has 0 saturated heterocycles. The molecule has 20 heavy (non-hydrogen) atoms. The highest BCUT2D eigenvalue weighted by Crippen LogP contribution is 2.33. The molecule has 1 heterocycles. The lowest BCUT2D eigenvalue weighted by atomic mass is 10.1. The van der Waals surface area contributed by atoms with Crippen molar-refractivity contribution in [2.45, 2.75) is 0 Å². The molecule has 3 rings (SSSR count). The molecule has 100 valence electrons. The minimum atomic E-state index is 0.721. The van der Waals surface area contributed by atoms with Crippen molar-refractivity contribution >= 4 is 22.9 Å². The van der Waals surface area contributed by atoms with Crippen molar-refractivity contribution in [1.82, 2.24) is 4.98 Å². The van der Waals surface area contributed by atoms with E-state index in [0.29, 0.717) is 0 Å². The Morgan fingerprint density at radius 1 is 1.10 bits per heavy atom. The second kappa shape index (κ2) is 5.65. The van der Waals surface area contributed by atoms with Crippen LogP contribution in [-0.2, 0) is 0 Å². The largest absolute Gasteiger partial charge is 0.497 e. The van der Waals surface area contributed by atoms with Crippen LogP contribution in [0, 0.1) is 0 Å². The monoisotopic (exact) mass is 301 g/mol. The van der Waals surface area contributed by atoms with Gasteiger partial charge in [0.25, 0.3) is 0 Å². The van der Waals surface area contributed by atoms with Crippen LogP contribution in [-0.4, -0.2) is 12.1 Å². The summed E-state index contributed by atoms with van der Waals surface area (Å²) < 4.78 is 5.24. The number of benzene rings is 2. The molecule has 0 aliphatic heterocycles. The molecule has 0 aliphatic rings. The Morgan fingerprint density at radius 3 is 2.75 bits per heavy atom. The molecule has 0 unspecified atom stereocenters. The number of thiazole rings is 1. The van der Waals surface area contributed by atoms with Gasteiger partial charge in [0.1, 0.15) is 10.8 Å². The van der Waals surface area contributed by atoms with Crippen LogP contribution in [0.15, 0.2) is 53.9 Å². The van der Waals surface area contributed by atoms with Crippen molar-refractivity contribution < 1.29 is 4.74 Å². The molecule has 0 fully saturated rings. The molecule has 0 radical (unpaired) electrons. The van der Waals surface area contributed by atoms with E-state index in [1.54, 1.807) is 18.4 Å². The standard InChI is InChI=1S/C16H12ClNOS/c1-19-12-6-4-5-11(9-12)15-10-20-16(18-15)13-7-2-3-8-14(13)17/h2-10H,1H3. The van der Waals surface area contributed by atoms with Gasteiger partial charge in [0.05, 0.1) is 17.8 Å². The molecule has 1 aromatic heterocycles. The molecule has 0 saturated carbocycles. The van der Waals surface area contributed by atoms with Crippen LogP contribution in [0.25, 0.3) is 21.8 Å². The van der Waals surface area contributed by atoms with Crippen LogP contribution < -0.4 is 4.74 Å². The van der Waals surface area contributed by atoms with Gasteiger partial charge < -0.3 is 4.74 Å². The SMILES string of the molecule is COc1cccc(-c2csc(-c3ccccc3Cl)n2)c1. The molecule has 2 aromatic carbocycles. The molecule has 2 nitrogen and oxygen atoms in total. The number of rotatable bonds is 3. The zero-order valence-electron chi connectivity index (χ0n) is 10.8. The first-order chi connectivity index (χ1) is 9.78. The Balaban J connectivity index is 2.00.